The summed E-state index contributed by atoms with van der Waals surface area (Å²) in [5.41, 5.74) is 0.737. The first-order valence-corrected chi connectivity index (χ1v) is 6.67. The van der Waals surface area contributed by atoms with Crippen LogP contribution in [0.4, 0.5) is 0 Å². The van der Waals surface area contributed by atoms with E-state index < -0.39 is 0 Å². The first-order chi connectivity index (χ1) is 8.86. The standard InChI is InChI=1S/C14H21ClN2O2/c1-5-17(9-14(19)16(3)4)10(2)12-8-11(15)6-7-13(12)18/h6-8,10,18H,5,9H2,1-4H3. The predicted molar refractivity (Wildman–Crippen MR) is 77.5 cm³/mol. The number of phenolic OH excluding ortho intramolecular Hbond substituents is 1. The summed E-state index contributed by atoms with van der Waals surface area (Å²) in [5, 5.41) is 10.5. The van der Waals surface area contributed by atoms with Gasteiger partial charge in [0.05, 0.1) is 6.54 Å². The van der Waals surface area contributed by atoms with Crippen molar-refractivity contribution in [3.05, 3.63) is 28.8 Å². The summed E-state index contributed by atoms with van der Waals surface area (Å²) in [6, 6.07) is 4.89. The lowest BCUT2D eigenvalue weighted by Crippen LogP contribution is -2.38. The van der Waals surface area contributed by atoms with Gasteiger partial charge in [-0.2, -0.15) is 0 Å². The van der Waals surface area contributed by atoms with E-state index in [4.69, 9.17) is 11.6 Å². The van der Waals surface area contributed by atoms with E-state index >= 15 is 0 Å². The van der Waals surface area contributed by atoms with Crippen molar-refractivity contribution in [3.8, 4) is 5.75 Å². The van der Waals surface area contributed by atoms with Crippen LogP contribution < -0.4 is 0 Å². The number of phenols is 1. The molecule has 1 unspecified atom stereocenters. The fraction of sp³-hybridized carbons (Fsp3) is 0.500. The number of aromatic hydroxyl groups is 1. The number of carbonyl (C=O) groups is 1. The molecule has 1 N–H and O–H groups in total. The number of carbonyl (C=O) groups excluding carboxylic acids is 1. The molecule has 1 aromatic carbocycles. The Morgan fingerprint density at radius 3 is 2.58 bits per heavy atom. The van der Waals surface area contributed by atoms with Gasteiger partial charge in [-0.05, 0) is 31.7 Å². The number of amides is 1. The highest BCUT2D eigenvalue weighted by atomic mass is 35.5. The van der Waals surface area contributed by atoms with Gasteiger partial charge in [-0.1, -0.05) is 18.5 Å². The molecule has 4 nitrogen and oxygen atoms in total. The number of hydrogen-bond donors (Lipinski definition) is 1. The van der Waals surface area contributed by atoms with Crippen LogP contribution in [0.1, 0.15) is 25.5 Å². The van der Waals surface area contributed by atoms with Gasteiger partial charge < -0.3 is 10.0 Å². The van der Waals surface area contributed by atoms with Gasteiger partial charge in [-0.25, -0.2) is 0 Å². The van der Waals surface area contributed by atoms with Crippen LogP contribution in [0.5, 0.6) is 5.75 Å². The lowest BCUT2D eigenvalue weighted by atomic mass is 10.1. The Kier molecular flexibility index (Phi) is 5.63. The summed E-state index contributed by atoms with van der Waals surface area (Å²) in [4.78, 5) is 15.4. The van der Waals surface area contributed by atoms with Crippen molar-refractivity contribution in [2.24, 2.45) is 0 Å². The summed E-state index contributed by atoms with van der Waals surface area (Å²) in [7, 11) is 3.47. The maximum Gasteiger partial charge on any atom is 0.236 e. The Morgan fingerprint density at radius 1 is 1.42 bits per heavy atom. The molecule has 0 aliphatic heterocycles. The molecular weight excluding hydrogens is 264 g/mol. The highest BCUT2D eigenvalue weighted by molar-refractivity contribution is 6.30. The highest BCUT2D eigenvalue weighted by Crippen LogP contribution is 2.30. The van der Waals surface area contributed by atoms with E-state index in [2.05, 4.69) is 0 Å². The molecule has 0 aromatic heterocycles. The molecule has 0 fully saturated rings. The van der Waals surface area contributed by atoms with Crippen LogP contribution in [0, 0.1) is 0 Å². The second kappa shape index (κ2) is 6.78. The number of hydrogen-bond acceptors (Lipinski definition) is 3. The Hall–Kier alpha value is -1.26. The lowest BCUT2D eigenvalue weighted by molar-refractivity contribution is -0.130. The van der Waals surface area contributed by atoms with Crippen molar-refractivity contribution in [3.63, 3.8) is 0 Å². The number of rotatable bonds is 5. The Morgan fingerprint density at radius 2 is 2.05 bits per heavy atom. The fourth-order valence-electron chi connectivity index (χ4n) is 1.89. The third-order valence-corrected chi connectivity index (χ3v) is 3.47. The third-order valence-electron chi connectivity index (χ3n) is 3.23. The molecule has 1 atom stereocenters. The summed E-state index contributed by atoms with van der Waals surface area (Å²) < 4.78 is 0. The average Bonchev–Trinajstić information content (AvgIpc) is 2.37. The molecule has 0 saturated carbocycles. The Bertz CT molecular complexity index is 449. The van der Waals surface area contributed by atoms with Crippen LogP contribution in [-0.2, 0) is 4.79 Å². The molecule has 0 saturated heterocycles. The average molecular weight is 285 g/mol. The molecule has 1 amide bonds. The zero-order valence-electron chi connectivity index (χ0n) is 11.9. The van der Waals surface area contributed by atoms with E-state index in [-0.39, 0.29) is 17.7 Å². The van der Waals surface area contributed by atoms with E-state index in [0.717, 1.165) is 5.56 Å². The number of benzene rings is 1. The largest absolute Gasteiger partial charge is 0.508 e. The molecule has 19 heavy (non-hydrogen) atoms. The zero-order chi connectivity index (χ0) is 14.6. The van der Waals surface area contributed by atoms with Crippen LogP contribution >= 0.6 is 11.6 Å². The van der Waals surface area contributed by atoms with E-state index in [1.807, 2.05) is 18.7 Å². The van der Waals surface area contributed by atoms with Crippen molar-refractivity contribution in [2.75, 3.05) is 27.2 Å². The minimum Gasteiger partial charge on any atom is -0.508 e. The molecule has 5 heteroatoms. The van der Waals surface area contributed by atoms with Gasteiger partial charge in [0.15, 0.2) is 0 Å². The van der Waals surface area contributed by atoms with Crippen LogP contribution in [-0.4, -0.2) is 48.0 Å². The summed E-state index contributed by atoms with van der Waals surface area (Å²) >= 11 is 5.96. The summed E-state index contributed by atoms with van der Waals surface area (Å²) in [6.45, 7) is 4.97. The second-order valence-corrected chi connectivity index (χ2v) is 5.17. The minimum atomic E-state index is -0.0763. The van der Waals surface area contributed by atoms with Crippen LogP contribution in [0.2, 0.25) is 5.02 Å². The molecule has 0 radical (unpaired) electrons. The Balaban J connectivity index is 2.92. The molecule has 0 heterocycles. The van der Waals surface area contributed by atoms with Crippen LogP contribution in [0.25, 0.3) is 0 Å². The topological polar surface area (TPSA) is 43.8 Å². The van der Waals surface area contributed by atoms with E-state index in [1.54, 1.807) is 37.2 Å². The lowest BCUT2D eigenvalue weighted by Gasteiger charge is -2.29. The SMILES string of the molecule is CCN(CC(=O)N(C)C)C(C)c1cc(Cl)ccc1O. The zero-order valence-corrected chi connectivity index (χ0v) is 12.6. The van der Waals surface area contributed by atoms with Crippen molar-refractivity contribution >= 4 is 17.5 Å². The van der Waals surface area contributed by atoms with Crippen molar-refractivity contribution in [1.82, 2.24) is 9.80 Å². The predicted octanol–water partition coefficient (Wildman–Crippen LogP) is 2.52. The van der Waals surface area contributed by atoms with Gasteiger partial charge >= 0.3 is 0 Å². The molecular formula is C14H21ClN2O2. The fourth-order valence-corrected chi connectivity index (χ4v) is 2.07. The molecule has 106 valence electrons. The summed E-state index contributed by atoms with van der Waals surface area (Å²) in [6.07, 6.45) is 0. The van der Waals surface area contributed by atoms with Gasteiger partial charge in [0.2, 0.25) is 5.91 Å². The van der Waals surface area contributed by atoms with E-state index in [1.165, 1.54) is 0 Å². The van der Waals surface area contributed by atoms with Gasteiger partial charge in [0.25, 0.3) is 0 Å². The molecule has 0 bridgehead atoms. The summed E-state index contributed by atoms with van der Waals surface area (Å²) in [5.74, 6) is 0.239. The number of likely N-dealkylation sites (N-methyl/N-ethyl adjacent to an activating group) is 2. The van der Waals surface area contributed by atoms with Gasteiger partial charge in [-0.3, -0.25) is 9.69 Å². The molecule has 0 spiro atoms. The normalized spacial score (nSPS) is 12.5. The first kappa shape index (κ1) is 15.8. The van der Waals surface area contributed by atoms with Crippen LogP contribution in [0.3, 0.4) is 0 Å². The van der Waals surface area contributed by atoms with Gasteiger partial charge in [0, 0.05) is 30.7 Å². The Labute approximate surface area is 119 Å². The van der Waals surface area contributed by atoms with E-state index in [0.29, 0.717) is 18.1 Å². The highest BCUT2D eigenvalue weighted by Gasteiger charge is 2.20. The van der Waals surface area contributed by atoms with Crippen molar-refractivity contribution in [2.45, 2.75) is 19.9 Å². The maximum atomic E-state index is 11.8. The quantitative estimate of drug-likeness (QED) is 0.903. The smallest absolute Gasteiger partial charge is 0.236 e. The number of halogens is 1. The van der Waals surface area contributed by atoms with Gasteiger partial charge in [0.1, 0.15) is 5.75 Å². The third kappa shape index (κ3) is 4.11. The van der Waals surface area contributed by atoms with Crippen molar-refractivity contribution < 1.29 is 9.90 Å². The van der Waals surface area contributed by atoms with Crippen LogP contribution in [0.15, 0.2) is 18.2 Å². The monoisotopic (exact) mass is 284 g/mol. The second-order valence-electron chi connectivity index (χ2n) is 4.73. The molecule has 0 aliphatic carbocycles. The molecule has 0 aliphatic rings. The van der Waals surface area contributed by atoms with Crippen molar-refractivity contribution in [1.29, 1.82) is 0 Å². The maximum absolute atomic E-state index is 11.8. The minimum absolute atomic E-state index is 0.0372. The molecule has 1 aromatic rings. The molecule has 1 rings (SSSR count). The van der Waals surface area contributed by atoms with Gasteiger partial charge in [-0.15, -0.1) is 0 Å². The number of nitrogens with zero attached hydrogens (tertiary/aromatic N) is 2. The van der Waals surface area contributed by atoms with E-state index in [9.17, 15) is 9.90 Å². The first-order valence-electron chi connectivity index (χ1n) is 6.29.